The average molecular weight is 430 g/mol. The molecule has 0 fully saturated rings. The van der Waals surface area contributed by atoms with Crippen LogP contribution >= 0.6 is 0 Å². The summed E-state index contributed by atoms with van der Waals surface area (Å²) in [6.07, 6.45) is 19.0. The molecule has 0 aliphatic heterocycles. The van der Waals surface area contributed by atoms with Gasteiger partial charge in [-0.3, -0.25) is 9.35 Å². The molecule has 5 nitrogen and oxygen atoms in total. The summed E-state index contributed by atoms with van der Waals surface area (Å²) in [5, 5.41) is 1.32. The molecule has 0 aromatic carbocycles. The molecule has 0 aliphatic rings. The first-order valence-corrected chi connectivity index (χ1v) is 12.6. The molecule has 0 amide bonds. The molecule has 7 heteroatoms. The molecule has 0 bridgehead atoms. The third kappa shape index (κ3) is 18.6. The van der Waals surface area contributed by atoms with Gasteiger partial charge in [0.15, 0.2) is 11.0 Å². The Kier molecular flexibility index (Phi) is 22.8. The summed E-state index contributed by atoms with van der Waals surface area (Å²) in [5.41, 5.74) is 0. The molecule has 0 radical (unpaired) electrons. The molecule has 0 rings (SSSR count). The molecule has 164 valence electrons. The zero-order valence-electron chi connectivity index (χ0n) is 17.7. The monoisotopic (exact) mass is 429 g/mol. The van der Waals surface area contributed by atoms with Gasteiger partial charge in [-0.15, -0.1) is 0 Å². The average Bonchev–Trinajstić information content (AvgIpc) is 2.61. The molecule has 1 unspecified atom stereocenters. The third-order valence-electron chi connectivity index (χ3n) is 5.13. The SMILES string of the molecule is CCCCCCCCCCCCCCCCCC(=O)C(CNC)S(=O)(=O)O.[NaH]. The second-order valence-corrected chi connectivity index (χ2v) is 9.33. The summed E-state index contributed by atoms with van der Waals surface area (Å²) in [4.78, 5) is 11.9. The van der Waals surface area contributed by atoms with Crippen LogP contribution in [-0.4, -0.2) is 67.2 Å². The summed E-state index contributed by atoms with van der Waals surface area (Å²) < 4.78 is 31.6. The first kappa shape index (κ1) is 30.7. The maximum atomic E-state index is 11.9. The van der Waals surface area contributed by atoms with E-state index in [1.807, 2.05) is 0 Å². The fraction of sp³-hybridized carbons (Fsp3) is 0.952. The van der Waals surface area contributed by atoms with Crippen molar-refractivity contribution in [1.82, 2.24) is 5.32 Å². The number of carbonyl (C=O) groups excluding carboxylic acids is 1. The molecule has 0 aromatic rings. The number of unbranched alkanes of at least 4 members (excludes halogenated alkanes) is 14. The number of carbonyl (C=O) groups is 1. The molecule has 0 aliphatic carbocycles. The molecule has 1 atom stereocenters. The van der Waals surface area contributed by atoms with Crippen molar-refractivity contribution < 1.29 is 17.8 Å². The van der Waals surface area contributed by atoms with Crippen LogP contribution in [-0.2, 0) is 14.9 Å². The Balaban J connectivity index is 0. The van der Waals surface area contributed by atoms with Crippen LogP contribution in [0.1, 0.15) is 110 Å². The molecule has 0 aromatic heterocycles. The van der Waals surface area contributed by atoms with E-state index in [-0.39, 0.29) is 48.3 Å². The van der Waals surface area contributed by atoms with Crippen molar-refractivity contribution in [3.05, 3.63) is 0 Å². The van der Waals surface area contributed by atoms with E-state index >= 15 is 0 Å². The first-order chi connectivity index (χ1) is 12.9. The van der Waals surface area contributed by atoms with Gasteiger partial charge in [-0.2, -0.15) is 8.42 Å². The number of Topliss-reactive ketones (excluding diaryl/α,β-unsaturated/α-hetero) is 1. The van der Waals surface area contributed by atoms with Crippen LogP contribution in [0.3, 0.4) is 0 Å². The molecule has 0 heterocycles. The van der Waals surface area contributed by atoms with Crippen LogP contribution in [0.15, 0.2) is 0 Å². The molecular formula is C21H44NNaO4S. The number of hydrogen-bond acceptors (Lipinski definition) is 4. The van der Waals surface area contributed by atoms with Gasteiger partial charge in [-0.25, -0.2) is 0 Å². The van der Waals surface area contributed by atoms with Crippen molar-refractivity contribution in [2.45, 2.75) is 115 Å². The van der Waals surface area contributed by atoms with Crippen molar-refractivity contribution in [1.29, 1.82) is 0 Å². The Hall–Kier alpha value is 0.540. The maximum absolute atomic E-state index is 11.9. The first-order valence-electron chi connectivity index (χ1n) is 11.1. The molecule has 2 N–H and O–H groups in total. The molecule has 0 spiro atoms. The normalized spacial score (nSPS) is 12.5. The van der Waals surface area contributed by atoms with Gasteiger partial charge < -0.3 is 5.32 Å². The predicted octanol–water partition coefficient (Wildman–Crippen LogP) is 4.64. The van der Waals surface area contributed by atoms with Crippen LogP contribution in [0.4, 0.5) is 0 Å². The van der Waals surface area contributed by atoms with E-state index < -0.39 is 15.4 Å². The summed E-state index contributed by atoms with van der Waals surface area (Å²) >= 11 is 0. The van der Waals surface area contributed by atoms with Crippen molar-refractivity contribution in [2.24, 2.45) is 0 Å². The quantitative estimate of drug-likeness (QED) is 0.167. The Labute approximate surface area is 196 Å². The Morgan fingerprint density at radius 2 is 1.14 bits per heavy atom. The summed E-state index contributed by atoms with van der Waals surface area (Å²) in [7, 11) is -2.74. The summed E-state index contributed by atoms with van der Waals surface area (Å²) in [6, 6.07) is 0. The molecule has 0 saturated heterocycles. The van der Waals surface area contributed by atoms with Crippen LogP contribution in [0.25, 0.3) is 0 Å². The van der Waals surface area contributed by atoms with Crippen molar-refractivity contribution in [3.63, 3.8) is 0 Å². The number of hydrogen-bond donors (Lipinski definition) is 2. The standard InChI is InChI=1S/C21H43NO4S.Na.H/c1-3-4-5-6-7-8-9-10-11-12-13-14-15-16-17-18-20(23)21(19-22-2)27(24,25)26;;/h21-22H,3-19H2,1-2H3,(H,24,25,26);;. The number of rotatable bonds is 20. The molecular weight excluding hydrogens is 385 g/mol. The van der Waals surface area contributed by atoms with Gasteiger partial charge in [0.1, 0.15) is 0 Å². The zero-order chi connectivity index (χ0) is 20.4. The van der Waals surface area contributed by atoms with E-state index in [0.29, 0.717) is 6.42 Å². The van der Waals surface area contributed by atoms with Gasteiger partial charge in [0.25, 0.3) is 10.1 Å². The predicted molar refractivity (Wildman–Crippen MR) is 121 cm³/mol. The fourth-order valence-corrected chi connectivity index (χ4v) is 4.23. The Bertz CT molecular complexity index is 457. The van der Waals surface area contributed by atoms with E-state index in [0.717, 1.165) is 12.8 Å². The Morgan fingerprint density at radius 1 is 0.786 bits per heavy atom. The van der Waals surface area contributed by atoms with Crippen LogP contribution in [0, 0.1) is 0 Å². The second-order valence-electron chi connectivity index (χ2n) is 7.73. The van der Waals surface area contributed by atoms with Crippen LogP contribution in [0.5, 0.6) is 0 Å². The van der Waals surface area contributed by atoms with Crippen molar-refractivity contribution in [3.8, 4) is 0 Å². The number of nitrogens with one attached hydrogen (secondary N) is 1. The number of ketones is 1. The molecule has 0 saturated carbocycles. The van der Waals surface area contributed by atoms with Crippen molar-refractivity contribution >= 4 is 45.5 Å². The third-order valence-corrected chi connectivity index (χ3v) is 6.28. The minimum absolute atomic E-state index is 0. The van der Waals surface area contributed by atoms with Gasteiger partial charge in [0.2, 0.25) is 0 Å². The van der Waals surface area contributed by atoms with Gasteiger partial charge in [-0.05, 0) is 13.5 Å². The zero-order valence-corrected chi connectivity index (χ0v) is 18.5. The Morgan fingerprint density at radius 3 is 1.46 bits per heavy atom. The van der Waals surface area contributed by atoms with E-state index in [1.54, 1.807) is 7.05 Å². The van der Waals surface area contributed by atoms with Crippen LogP contribution in [0.2, 0.25) is 0 Å². The van der Waals surface area contributed by atoms with E-state index in [4.69, 9.17) is 4.55 Å². The van der Waals surface area contributed by atoms with E-state index in [1.165, 1.54) is 77.0 Å². The minimum atomic E-state index is -4.31. The topological polar surface area (TPSA) is 83.5 Å². The summed E-state index contributed by atoms with van der Waals surface area (Å²) in [5.74, 6) is -0.387. The van der Waals surface area contributed by atoms with Crippen LogP contribution < -0.4 is 5.32 Å². The molecule has 28 heavy (non-hydrogen) atoms. The van der Waals surface area contributed by atoms with Gasteiger partial charge in [-0.1, -0.05) is 96.8 Å². The van der Waals surface area contributed by atoms with Gasteiger partial charge in [0, 0.05) is 13.0 Å². The fourth-order valence-electron chi connectivity index (χ4n) is 3.40. The van der Waals surface area contributed by atoms with E-state index in [2.05, 4.69) is 12.2 Å². The van der Waals surface area contributed by atoms with E-state index in [9.17, 15) is 13.2 Å². The van der Waals surface area contributed by atoms with Gasteiger partial charge in [0.05, 0.1) is 0 Å². The van der Waals surface area contributed by atoms with Gasteiger partial charge >= 0.3 is 29.6 Å². The van der Waals surface area contributed by atoms with Crippen molar-refractivity contribution in [2.75, 3.05) is 13.6 Å². The summed E-state index contributed by atoms with van der Waals surface area (Å²) in [6.45, 7) is 2.22. The second kappa shape index (κ2) is 20.8.